The maximum atomic E-state index is 13.3. The second kappa shape index (κ2) is 10.3. The van der Waals surface area contributed by atoms with Crippen LogP contribution in [0.1, 0.15) is 18.4 Å². The van der Waals surface area contributed by atoms with Crippen molar-refractivity contribution in [3.63, 3.8) is 0 Å². The first kappa shape index (κ1) is 23.4. The molecule has 0 saturated carbocycles. The largest absolute Gasteiger partial charge is 0.312 e. The van der Waals surface area contributed by atoms with E-state index < -0.39 is 27.8 Å². The maximum Gasteiger partial charge on any atom is 0.257 e. The fraction of sp³-hybridized carbons (Fsp3) is 0.174. The van der Waals surface area contributed by atoms with Crippen LogP contribution in [0, 0.1) is 5.92 Å². The fourth-order valence-corrected chi connectivity index (χ4v) is 4.61. The van der Waals surface area contributed by atoms with Crippen LogP contribution in [-0.4, -0.2) is 31.8 Å². The Balaban J connectivity index is 1.82. The molecule has 1 unspecified atom stereocenters. The molecule has 0 saturated heterocycles. The molecule has 7 nitrogen and oxygen atoms in total. The quantitative estimate of drug-likeness (QED) is 0.378. The summed E-state index contributed by atoms with van der Waals surface area (Å²) in [6.45, 7) is 5.72. The minimum atomic E-state index is -4.10. The molecule has 1 N–H and O–H groups in total. The van der Waals surface area contributed by atoms with Gasteiger partial charge >= 0.3 is 0 Å². The van der Waals surface area contributed by atoms with Crippen molar-refractivity contribution in [2.45, 2.75) is 13.3 Å². The van der Waals surface area contributed by atoms with E-state index in [-0.39, 0.29) is 6.42 Å². The molecule has 1 heterocycles. The lowest BCUT2D eigenvalue weighted by Crippen LogP contribution is -2.45. The molecule has 0 fully saturated rings. The second-order valence-corrected chi connectivity index (χ2v) is 9.37. The third kappa shape index (κ3) is 5.68. The van der Waals surface area contributed by atoms with E-state index in [1.165, 1.54) is 28.4 Å². The minimum absolute atomic E-state index is 0.000459. The van der Waals surface area contributed by atoms with Crippen LogP contribution >= 0.6 is 11.3 Å². The van der Waals surface area contributed by atoms with Gasteiger partial charge in [-0.25, -0.2) is 18.1 Å². The third-order valence-electron chi connectivity index (χ3n) is 4.73. The highest BCUT2D eigenvalue weighted by Crippen LogP contribution is 2.24. The topological polar surface area (TPSA) is 96.4 Å². The Bertz CT molecular complexity index is 1250. The van der Waals surface area contributed by atoms with Gasteiger partial charge in [-0.15, -0.1) is 17.9 Å². The number of thiazole rings is 1. The number of aromatic nitrogens is 1. The Kier molecular flexibility index (Phi) is 7.55. The lowest BCUT2D eigenvalue weighted by Gasteiger charge is -2.25. The highest BCUT2D eigenvalue weighted by atomic mass is 32.2. The van der Waals surface area contributed by atoms with E-state index in [9.17, 15) is 18.0 Å². The Morgan fingerprint density at radius 1 is 1.22 bits per heavy atom. The highest BCUT2D eigenvalue weighted by Gasteiger charge is 2.32. The number of allylic oxidation sites excluding steroid dienone is 1. The minimum Gasteiger partial charge on any atom is -0.312 e. The van der Waals surface area contributed by atoms with Crippen molar-refractivity contribution in [2.75, 3.05) is 11.4 Å². The van der Waals surface area contributed by atoms with E-state index in [1.807, 2.05) is 41.1 Å². The summed E-state index contributed by atoms with van der Waals surface area (Å²) in [5.74, 6) is -2.64. The number of carbonyl (C=O) groups is 2. The van der Waals surface area contributed by atoms with Crippen molar-refractivity contribution in [3.8, 4) is 0 Å². The molecule has 1 atom stereocenters. The molecule has 32 heavy (non-hydrogen) atoms. The zero-order valence-corrected chi connectivity index (χ0v) is 19.1. The van der Waals surface area contributed by atoms with Crippen molar-refractivity contribution in [1.29, 1.82) is 0 Å². The van der Waals surface area contributed by atoms with Crippen LogP contribution in [0.2, 0.25) is 0 Å². The van der Waals surface area contributed by atoms with Crippen LogP contribution in [-0.2, 0) is 19.6 Å². The van der Waals surface area contributed by atoms with Crippen molar-refractivity contribution < 1.29 is 18.0 Å². The summed E-state index contributed by atoms with van der Waals surface area (Å²) in [7, 11) is -4.10. The molecule has 0 radical (unpaired) electrons. The van der Waals surface area contributed by atoms with Crippen LogP contribution in [0.3, 0.4) is 0 Å². The summed E-state index contributed by atoms with van der Waals surface area (Å²) in [4.78, 5) is 31.5. The predicted molar refractivity (Wildman–Crippen MR) is 128 cm³/mol. The van der Waals surface area contributed by atoms with Gasteiger partial charge in [-0.3, -0.25) is 9.59 Å². The Morgan fingerprint density at radius 2 is 1.97 bits per heavy atom. The van der Waals surface area contributed by atoms with E-state index in [0.717, 1.165) is 16.2 Å². The van der Waals surface area contributed by atoms with Crippen molar-refractivity contribution >= 4 is 55.7 Å². The average molecular weight is 470 g/mol. The number of nitrogens with one attached hydrogen (secondary N) is 1. The first-order valence-electron chi connectivity index (χ1n) is 9.90. The molecule has 3 rings (SSSR count). The lowest BCUT2D eigenvalue weighted by molar-refractivity contribution is -0.132. The Hall–Kier alpha value is -3.30. The lowest BCUT2D eigenvalue weighted by atomic mass is 10.0. The summed E-state index contributed by atoms with van der Waals surface area (Å²) >= 11 is 1.26. The summed E-state index contributed by atoms with van der Waals surface area (Å²) in [5.41, 5.74) is 0.629. The molecule has 0 spiro atoms. The Labute approximate surface area is 191 Å². The zero-order valence-electron chi connectivity index (χ0n) is 17.5. The molecule has 3 aromatic rings. The first-order chi connectivity index (χ1) is 15.3. The summed E-state index contributed by atoms with van der Waals surface area (Å²) < 4.78 is 26.6. The summed E-state index contributed by atoms with van der Waals surface area (Å²) in [5, 5.41) is 5.03. The van der Waals surface area contributed by atoms with E-state index in [4.69, 9.17) is 0 Å². The Morgan fingerprint density at radius 3 is 2.62 bits per heavy atom. The van der Waals surface area contributed by atoms with Gasteiger partial charge in [0.1, 0.15) is 10.9 Å². The van der Waals surface area contributed by atoms with Crippen molar-refractivity contribution in [3.05, 3.63) is 77.1 Å². The maximum absolute atomic E-state index is 13.3. The number of amides is 2. The van der Waals surface area contributed by atoms with Crippen LogP contribution in [0.25, 0.3) is 16.8 Å². The van der Waals surface area contributed by atoms with Gasteiger partial charge < -0.3 is 4.90 Å². The monoisotopic (exact) mass is 469 g/mol. The molecule has 0 aliphatic heterocycles. The molecular formula is C23H23N3O4S2. The summed E-state index contributed by atoms with van der Waals surface area (Å²) in [6.07, 6.45) is 4.26. The molecule has 2 aromatic carbocycles. The number of hydrogen-bond acceptors (Lipinski definition) is 6. The third-order valence-corrected chi connectivity index (χ3v) is 6.45. The zero-order chi connectivity index (χ0) is 23.1. The van der Waals surface area contributed by atoms with E-state index in [1.54, 1.807) is 24.6 Å². The number of fused-ring (bicyclic) bond motifs is 1. The molecule has 0 aliphatic carbocycles. The van der Waals surface area contributed by atoms with Gasteiger partial charge in [-0.05, 0) is 42.3 Å². The number of nitrogens with zero attached hydrogens (tertiary/aromatic N) is 2. The molecule has 166 valence electrons. The average Bonchev–Trinajstić information content (AvgIpc) is 3.30. The predicted octanol–water partition coefficient (Wildman–Crippen LogP) is 3.96. The molecule has 1 aromatic heterocycles. The van der Waals surface area contributed by atoms with Gasteiger partial charge in [-0.1, -0.05) is 36.4 Å². The number of sulfonamides is 1. The highest BCUT2D eigenvalue weighted by molar-refractivity contribution is 7.93. The van der Waals surface area contributed by atoms with Crippen molar-refractivity contribution in [1.82, 2.24) is 9.71 Å². The normalized spacial score (nSPS) is 12.5. The number of anilines is 1. The smallest absolute Gasteiger partial charge is 0.257 e. The summed E-state index contributed by atoms with van der Waals surface area (Å²) in [6, 6.07) is 13.3. The van der Waals surface area contributed by atoms with Gasteiger partial charge in [0.05, 0.1) is 5.41 Å². The molecule has 9 heteroatoms. The van der Waals surface area contributed by atoms with Crippen LogP contribution in [0.15, 0.2) is 72.1 Å². The molecular weight excluding hydrogens is 446 g/mol. The van der Waals surface area contributed by atoms with Gasteiger partial charge in [-0.2, -0.15) is 0 Å². The van der Waals surface area contributed by atoms with Gasteiger partial charge in [0.25, 0.3) is 10.0 Å². The molecule has 2 amide bonds. The van der Waals surface area contributed by atoms with Crippen LogP contribution < -0.4 is 9.62 Å². The van der Waals surface area contributed by atoms with Crippen LogP contribution in [0.5, 0.6) is 0 Å². The fourth-order valence-electron chi connectivity index (χ4n) is 3.19. The number of benzene rings is 2. The number of hydrogen-bond donors (Lipinski definition) is 1. The number of rotatable bonds is 9. The van der Waals surface area contributed by atoms with E-state index >= 15 is 0 Å². The van der Waals surface area contributed by atoms with E-state index in [2.05, 4.69) is 11.6 Å². The van der Waals surface area contributed by atoms with Gasteiger partial charge in [0.2, 0.25) is 11.8 Å². The molecule has 0 bridgehead atoms. The van der Waals surface area contributed by atoms with Gasteiger partial charge in [0, 0.05) is 23.8 Å². The molecule has 0 aliphatic rings. The number of carbonyl (C=O) groups excluding carboxylic acids is 2. The first-order valence-corrected chi connectivity index (χ1v) is 12.3. The second-order valence-electron chi connectivity index (χ2n) is 6.88. The van der Waals surface area contributed by atoms with E-state index in [0.29, 0.717) is 17.2 Å². The van der Waals surface area contributed by atoms with Crippen molar-refractivity contribution in [2.24, 2.45) is 5.92 Å². The standard InChI is InChI=1S/C23H23N3O4S2/c1-3-7-20(22(27)25-32(29,30)15-12-21-24-13-14-31-21)23(28)26(4-2)19-11-10-17-8-5-6-9-18(17)16-19/h3,5-6,8-16,20H,1,4,7H2,2H3,(H,25,27). The SMILES string of the molecule is C=CCC(C(=O)NS(=O)(=O)C=Cc1nccs1)C(=O)N(CC)c1ccc2ccccc2c1. The van der Waals surface area contributed by atoms with Gasteiger partial charge in [0.15, 0.2) is 0 Å². The van der Waals surface area contributed by atoms with Crippen LogP contribution in [0.4, 0.5) is 5.69 Å².